The quantitative estimate of drug-likeness (QED) is 0.133. The zero-order valence-corrected chi connectivity index (χ0v) is 36.3. The van der Waals surface area contributed by atoms with Gasteiger partial charge < -0.3 is 29.9 Å². The van der Waals surface area contributed by atoms with Gasteiger partial charge >= 0.3 is 23.9 Å². The van der Waals surface area contributed by atoms with Crippen molar-refractivity contribution in [2.45, 2.75) is 85.4 Å². The van der Waals surface area contributed by atoms with Crippen molar-refractivity contribution >= 4 is 55.7 Å². The molecule has 3 N–H and O–H groups in total. The molecule has 0 aliphatic carbocycles. The van der Waals surface area contributed by atoms with Gasteiger partial charge in [0.25, 0.3) is 0 Å². The van der Waals surface area contributed by atoms with E-state index in [0.717, 1.165) is 57.6 Å². The summed E-state index contributed by atoms with van der Waals surface area (Å²) in [6.07, 6.45) is 5.05. The highest BCUT2D eigenvalue weighted by molar-refractivity contribution is 9.09. The molecule has 0 bridgehead atoms. The van der Waals surface area contributed by atoms with E-state index in [1.165, 1.54) is 24.6 Å². The van der Waals surface area contributed by atoms with Gasteiger partial charge in [0.2, 0.25) is 0 Å². The Hall–Kier alpha value is -1.40. The van der Waals surface area contributed by atoms with E-state index in [-0.39, 0.29) is 38.1 Å². The van der Waals surface area contributed by atoms with Crippen molar-refractivity contribution in [2.75, 3.05) is 122 Å². The molecule has 2 aliphatic heterocycles. The molecule has 0 spiro atoms. The molecule has 52 heavy (non-hydrogen) atoms. The Bertz CT molecular complexity index is 927. The molecule has 0 aromatic heterocycles. The first-order chi connectivity index (χ1) is 24.4. The van der Waals surface area contributed by atoms with E-state index in [1.54, 1.807) is 0 Å². The molecule has 306 valence electrons. The van der Waals surface area contributed by atoms with Crippen molar-refractivity contribution in [2.24, 2.45) is 0 Å². The second kappa shape index (κ2) is 29.0. The number of hydrogen-bond acceptors (Lipinski definition) is 12. The Morgan fingerprint density at radius 2 is 0.904 bits per heavy atom. The first-order valence-electron chi connectivity index (χ1n) is 18.7. The Morgan fingerprint density at radius 1 is 0.558 bits per heavy atom. The molecule has 0 unspecified atom stereocenters. The lowest BCUT2D eigenvalue weighted by Gasteiger charge is -2.27. The molecule has 14 nitrogen and oxygen atoms in total. The zero-order valence-electron chi connectivity index (χ0n) is 33.1. The van der Waals surface area contributed by atoms with E-state index in [2.05, 4.69) is 58.8 Å². The SMILES string of the molecule is CC(C)(C)OC(=O)CN1CCNCCN(CC(=O)OC(C)(C)C)CC1.CCCCCBr.O=C(O)CN1CCN(CCCBr)CCN(CC(=O)O)CC1. The summed E-state index contributed by atoms with van der Waals surface area (Å²) in [5.74, 6) is -2.12. The smallest absolute Gasteiger partial charge is 0.320 e. The summed E-state index contributed by atoms with van der Waals surface area (Å²) in [7, 11) is 0. The van der Waals surface area contributed by atoms with Gasteiger partial charge in [0.05, 0.1) is 26.2 Å². The Labute approximate surface area is 330 Å². The van der Waals surface area contributed by atoms with Gasteiger partial charge in [0.1, 0.15) is 11.2 Å². The van der Waals surface area contributed by atoms with Gasteiger partial charge in [-0.1, -0.05) is 51.6 Å². The minimum absolute atomic E-state index is 0.00714. The number of ether oxygens (including phenoxy) is 2. The average molecular weight is 875 g/mol. The second-order valence-electron chi connectivity index (χ2n) is 15.1. The Balaban J connectivity index is 0.000000873. The maximum atomic E-state index is 12.1. The number of carboxylic acids is 2. The molecule has 0 radical (unpaired) electrons. The predicted molar refractivity (Wildman–Crippen MR) is 214 cm³/mol. The minimum atomic E-state index is -0.842. The fourth-order valence-corrected chi connectivity index (χ4v) is 5.92. The Morgan fingerprint density at radius 3 is 1.19 bits per heavy atom. The molecule has 16 heteroatoms. The van der Waals surface area contributed by atoms with Gasteiger partial charge in [0.15, 0.2) is 0 Å². The summed E-state index contributed by atoms with van der Waals surface area (Å²) in [6, 6.07) is 0. The number of rotatable bonds is 14. The van der Waals surface area contributed by atoms with E-state index in [0.29, 0.717) is 39.3 Å². The number of nitrogens with one attached hydrogen (secondary N) is 1. The van der Waals surface area contributed by atoms with E-state index in [4.69, 9.17) is 19.7 Å². The highest BCUT2D eigenvalue weighted by Crippen LogP contribution is 2.09. The van der Waals surface area contributed by atoms with Crippen molar-refractivity contribution in [3.05, 3.63) is 0 Å². The number of carbonyl (C=O) groups excluding carboxylic acids is 2. The van der Waals surface area contributed by atoms with Crippen LogP contribution >= 0.6 is 31.9 Å². The van der Waals surface area contributed by atoms with Crippen LogP contribution in [0, 0.1) is 0 Å². The van der Waals surface area contributed by atoms with Crippen LogP contribution in [0.2, 0.25) is 0 Å². The summed E-state index contributed by atoms with van der Waals surface area (Å²) in [6.45, 7) is 23.7. The maximum Gasteiger partial charge on any atom is 0.320 e. The molecule has 0 aromatic rings. The molecule has 2 rings (SSSR count). The van der Waals surface area contributed by atoms with Gasteiger partial charge in [-0.15, -0.1) is 0 Å². The van der Waals surface area contributed by atoms with Crippen LogP contribution in [-0.2, 0) is 28.7 Å². The standard InChI is InChI=1S/C18H35N3O4.C13H24BrN3O4.C5H11Br/c1-17(2,3)24-15(22)13-20-9-7-19-8-10-21(12-11-20)14-16(23)25-18(4,5)6;14-2-1-3-15-4-6-16(10-12(18)19)8-9-17(7-5-15)11-13(20)21;1-2-3-4-5-6/h19H,7-14H2,1-6H3;1-11H2,(H,18,19)(H,20,21);2-5H2,1H3. The third kappa shape index (κ3) is 31.0. The largest absolute Gasteiger partial charge is 0.480 e. The average Bonchev–Trinajstić information content (AvgIpc) is 3.17. The van der Waals surface area contributed by atoms with Crippen LogP contribution < -0.4 is 5.32 Å². The van der Waals surface area contributed by atoms with Crippen LogP contribution in [-0.4, -0.2) is 192 Å². The van der Waals surface area contributed by atoms with E-state index >= 15 is 0 Å². The van der Waals surface area contributed by atoms with Crippen LogP contribution in [0.25, 0.3) is 0 Å². The maximum absolute atomic E-state index is 12.1. The van der Waals surface area contributed by atoms with Gasteiger partial charge in [0, 0.05) is 89.2 Å². The highest BCUT2D eigenvalue weighted by atomic mass is 79.9. The zero-order chi connectivity index (χ0) is 39.6. The van der Waals surface area contributed by atoms with E-state index < -0.39 is 23.1 Å². The minimum Gasteiger partial charge on any atom is -0.480 e. The van der Waals surface area contributed by atoms with Crippen molar-refractivity contribution in [3.63, 3.8) is 0 Å². The summed E-state index contributed by atoms with van der Waals surface area (Å²) in [5, 5.41) is 23.3. The molecular weight excluding hydrogens is 804 g/mol. The summed E-state index contributed by atoms with van der Waals surface area (Å²) in [4.78, 5) is 56.1. The molecule has 0 saturated carbocycles. The summed E-state index contributed by atoms with van der Waals surface area (Å²) < 4.78 is 10.8. The van der Waals surface area contributed by atoms with Crippen LogP contribution in [0.5, 0.6) is 0 Å². The number of nitrogens with zero attached hydrogens (tertiary/aromatic N) is 5. The van der Waals surface area contributed by atoms with E-state index in [9.17, 15) is 19.2 Å². The molecule has 2 heterocycles. The second-order valence-corrected chi connectivity index (χ2v) is 16.7. The number of halogens is 2. The number of esters is 2. The first-order valence-corrected chi connectivity index (χ1v) is 20.9. The lowest BCUT2D eigenvalue weighted by molar-refractivity contribution is -0.158. The number of unbranched alkanes of at least 4 members (excludes halogenated alkanes) is 2. The predicted octanol–water partition coefficient (Wildman–Crippen LogP) is 3.31. The lowest BCUT2D eigenvalue weighted by atomic mass is 10.2. The van der Waals surface area contributed by atoms with Crippen molar-refractivity contribution < 1.29 is 38.9 Å². The van der Waals surface area contributed by atoms with Crippen LogP contribution in [0.1, 0.15) is 74.1 Å². The molecule has 2 saturated heterocycles. The number of aliphatic carboxylic acids is 2. The number of alkyl halides is 2. The van der Waals surface area contributed by atoms with Gasteiger partial charge in [-0.25, -0.2) is 0 Å². The molecule has 0 aromatic carbocycles. The number of hydrogen-bond donors (Lipinski definition) is 3. The molecule has 0 amide bonds. The van der Waals surface area contributed by atoms with Gasteiger partial charge in [-0.05, 0) is 60.9 Å². The molecule has 2 fully saturated rings. The fourth-order valence-electron chi connectivity index (χ4n) is 5.27. The van der Waals surface area contributed by atoms with E-state index in [1.807, 2.05) is 51.3 Å². The molecule has 2 aliphatic rings. The summed E-state index contributed by atoms with van der Waals surface area (Å²) in [5.41, 5.74) is -0.949. The topological polar surface area (TPSA) is 155 Å². The van der Waals surface area contributed by atoms with Crippen LogP contribution in [0.15, 0.2) is 0 Å². The summed E-state index contributed by atoms with van der Waals surface area (Å²) >= 11 is 6.76. The monoisotopic (exact) mass is 872 g/mol. The lowest BCUT2D eigenvalue weighted by Crippen LogP contribution is -2.42. The molecule has 0 atom stereocenters. The number of carbonyl (C=O) groups is 4. The van der Waals surface area contributed by atoms with Gasteiger partial charge in [-0.2, -0.15) is 0 Å². The fraction of sp³-hybridized carbons (Fsp3) is 0.889. The van der Waals surface area contributed by atoms with Crippen molar-refractivity contribution in [1.82, 2.24) is 29.8 Å². The van der Waals surface area contributed by atoms with Gasteiger partial charge in [-0.3, -0.25) is 38.8 Å². The van der Waals surface area contributed by atoms with Crippen LogP contribution in [0.4, 0.5) is 0 Å². The third-order valence-electron chi connectivity index (χ3n) is 7.75. The first kappa shape index (κ1) is 50.6. The van der Waals surface area contributed by atoms with Crippen LogP contribution in [0.3, 0.4) is 0 Å². The normalized spacial score (nSPS) is 18.0. The van der Waals surface area contributed by atoms with Crippen molar-refractivity contribution in [3.8, 4) is 0 Å². The number of carboxylic acid groups (broad SMARTS) is 2. The highest BCUT2D eigenvalue weighted by Gasteiger charge is 2.23. The third-order valence-corrected chi connectivity index (χ3v) is 8.87. The Kier molecular flexibility index (Phi) is 28.2. The molecular formula is C36H70Br2N6O8. The van der Waals surface area contributed by atoms with Crippen molar-refractivity contribution in [1.29, 1.82) is 0 Å².